The van der Waals surface area contributed by atoms with Gasteiger partial charge in [-0.15, -0.1) is 0 Å². The van der Waals surface area contributed by atoms with Crippen molar-refractivity contribution in [2.75, 3.05) is 19.6 Å². The second kappa shape index (κ2) is 5.85. The summed E-state index contributed by atoms with van der Waals surface area (Å²) in [5.74, 6) is 0.529. The number of hydrogen-bond acceptors (Lipinski definition) is 2. The first-order valence-electron chi connectivity index (χ1n) is 7.12. The Hall–Kier alpha value is -0.570. The monoisotopic (exact) mass is 239 g/mol. The van der Waals surface area contributed by atoms with Crippen molar-refractivity contribution in [3.05, 3.63) is 0 Å². The molecule has 1 aliphatic heterocycles. The Kier molecular flexibility index (Phi) is 4.43. The maximum Gasteiger partial charge on any atom is 0.306 e. The summed E-state index contributed by atoms with van der Waals surface area (Å²) in [6.07, 6.45) is 8.44. The lowest BCUT2D eigenvalue weighted by Crippen LogP contribution is -2.51. The zero-order valence-corrected chi connectivity index (χ0v) is 10.9. The topological polar surface area (TPSA) is 40.5 Å². The van der Waals surface area contributed by atoms with Crippen LogP contribution in [0.2, 0.25) is 0 Å². The highest BCUT2D eigenvalue weighted by Crippen LogP contribution is 2.29. The van der Waals surface area contributed by atoms with E-state index < -0.39 is 5.97 Å². The quantitative estimate of drug-likeness (QED) is 0.801. The van der Waals surface area contributed by atoms with E-state index in [-0.39, 0.29) is 5.92 Å². The van der Waals surface area contributed by atoms with Crippen LogP contribution in [0.4, 0.5) is 0 Å². The molecule has 0 aromatic rings. The molecular weight excluding hydrogens is 214 g/mol. The molecule has 0 radical (unpaired) electrons. The molecule has 1 aliphatic carbocycles. The zero-order chi connectivity index (χ0) is 12.3. The van der Waals surface area contributed by atoms with Crippen LogP contribution in [-0.2, 0) is 4.79 Å². The molecule has 2 rings (SSSR count). The Labute approximate surface area is 104 Å². The van der Waals surface area contributed by atoms with Crippen molar-refractivity contribution >= 4 is 5.97 Å². The van der Waals surface area contributed by atoms with Crippen LogP contribution in [0.1, 0.15) is 45.4 Å². The highest BCUT2D eigenvalue weighted by atomic mass is 16.4. The van der Waals surface area contributed by atoms with E-state index in [1.165, 1.54) is 45.1 Å². The molecule has 98 valence electrons. The van der Waals surface area contributed by atoms with Crippen molar-refractivity contribution in [3.63, 3.8) is 0 Å². The summed E-state index contributed by atoms with van der Waals surface area (Å²) in [5.41, 5.74) is 0. The third-order valence-corrected chi connectivity index (χ3v) is 4.66. The number of carbonyl (C=O) groups is 1. The zero-order valence-electron chi connectivity index (χ0n) is 10.9. The molecule has 0 aromatic heterocycles. The molecule has 0 amide bonds. The Morgan fingerprint density at radius 1 is 1.29 bits per heavy atom. The maximum absolute atomic E-state index is 10.8. The van der Waals surface area contributed by atoms with Crippen molar-refractivity contribution in [1.29, 1.82) is 0 Å². The fraction of sp³-hybridized carbons (Fsp3) is 0.929. The fourth-order valence-electron chi connectivity index (χ4n) is 3.15. The summed E-state index contributed by atoms with van der Waals surface area (Å²) < 4.78 is 0. The summed E-state index contributed by atoms with van der Waals surface area (Å²) in [4.78, 5) is 13.3. The number of carboxylic acids is 1. The average molecular weight is 239 g/mol. The van der Waals surface area contributed by atoms with E-state index in [0.29, 0.717) is 5.92 Å². The van der Waals surface area contributed by atoms with Gasteiger partial charge < -0.3 is 10.0 Å². The lowest BCUT2D eigenvalue weighted by Gasteiger charge is -2.42. The summed E-state index contributed by atoms with van der Waals surface area (Å²) in [6.45, 7) is 5.03. The van der Waals surface area contributed by atoms with Gasteiger partial charge in [0, 0.05) is 13.1 Å². The SMILES string of the molecule is CC(C(=O)O)C1CN(CCC2CCCCC2)C1. The predicted octanol–water partition coefficient (Wildman–Crippen LogP) is 2.61. The van der Waals surface area contributed by atoms with Gasteiger partial charge in [0.1, 0.15) is 0 Å². The number of likely N-dealkylation sites (tertiary alicyclic amines) is 1. The van der Waals surface area contributed by atoms with Crippen LogP contribution in [0, 0.1) is 17.8 Å². The molecule has 1 N–H and O–H groups in total. The van der Waals surface area contributed by atoms with E-state index in [2.05, 4.69) is 4.90 Å². The van der Waals surface area contributed by atoms with Crippen LogP contribution < -0.4 is 0 Å². The van der Waals surface area contributed by atoms with Crippen LogP contribution in [0.3, 0.4) is 0 Å². The third kappa shape index (κ3) is 3.44. The molecule has 1 saturated carbocycles. The Balaban J connectivity index is 1.59. The highest BCUT2D eigenvalue weighted by Gasteiger charge is 2.34. The molecule has 2 fully saturated rings. The van der Waals surface area contributed by atoms with Crippen molar-refractivity contribution < 1.29 is 9.90 Å². The van der Waals surface area contributed by atoms with Crippen LogP contribution in [0.5, 0.6) is 0 Å². The van der Waals surface area contributed by atoms with E-state index in [4.69, 9.17) is 5.11 Å². The molecule has 1 saturated heterocycles. The van der Waals surface area contributed by atoms with Crippen LogP contribution in [-0.4, -0.2) is 35.6 Å². The van der Waals surface area contributed by atoms with E-state index in [1.807, 2.05) is 6.92 Å². The molecule has 0 bridgehead atoms. The van der Waals surface area contributed by atoms with Gasteiger partial charge in [0.15, 0.2) is 0 Å². The van der Waals surface area contributed by atoms with Crippen molar-refractivity contribution in [3.8, 4) is 0 Å². The van der Waals surface area contributed by atoms with E-state index in [1.54, 1.807) is 0 Å². The minimum Gasteiger partial charge on any atom is -0.481 e. The molecule has 1 heterocycles. The number of nitrogens with zero attached hydrogens (tertiary/aromatic N) is 1. The van der Waals surface area contributed by atoms with Crippen molar-refractivity contribution in [1.82, 2.24) is 4.90 Å². The van der Waals surface area contributed by atoms with Gasteiger partial charge in [0.25, 0.3) is 0 Å². The number of aliphatic carboxylic acids is 1. The highest BCUT2D eigenvalue weighted by molar-refractivity contribution is 5.70. The number of rotatable bonds is 5. The summed E-state index contributed by atoms with van der Waals surface area (Å²) >= 11 is 0. The first-order valence-corrected chi connectivity index (χ1v) is 7.12. The van der Waals surface area contributed by atoms with Crippen LogP contribution in [0.25, 0.3) is 0 Å². The molecule has 3 heteroatoms. The molecule has 3 nitrogen and oxygen atoms in total. The normalized spacial score (nSPS) is 25.5. The molecular formula is C14H25NO2. The Morgan fingerprint density at radius 2 is 1.94 bits per heavy atom. The first-order chi connectivity index (χ1) is 8.16. The molecule has 0 spiro atoms. The van der Waals surface area contributed by atoms with Gasteiger partial charge in [-0.2, -0.15) is 0 Å². The molecule has 2 aliphatic rings. The standard InChI is InChI=1S/C14H25NO2/c1-11(14(16)17)13-9-15(10-13)8-7-12-5-3-2-4-6-12/h11-13H,2-10H2,1H3,(H,16,17). The number of carboxylic acid groups (broad SMARTS) is 1. The Bertz CT molecular complexity index is 255. The van der Waals surface area contributed by atoms with Crippen LogP contribution in [0.15, 0.2) is 0 Å². The lowest BCUT2D eigenvalue weighted by atomic mass is 9.84. The van der Waals surface area contributed by atoms with E-state index >= 15 is 0 Å². The average Bonchev–Trinajstić information content (AvgIpc) is 2.28. The molecule has 0 aromatic carbocycles. The minimum atomic E-state index is -0.637. The first kappa shape index (κ1) is 12.9. The van der Waals surface area contributed by atoms with Gasteiger partial charge in [0.05, 0.1) is 5.92 Å². The van der Waals surface area contributed by atoms with Gasteiger partial charge in [-0.1, -0.05) is 39.0 Å². The van der Waals surface area contributed by atoms with Crippen molar-refractivity contribution in [2.45, 2.75) is 45.4 Å². The Morgan fingerprint density at radius 3 is 2.53 bits per heavy atom. The lowest BCUT2D eigenvalue weighted by molar-refractivity contribution is -0.145. The predicted molar refractivity (Wildman–Crippen MR) is 67.9 cm³/mol. The smallest absolute Gasteiger partial charge is 0.306 e. The van der Waals surface area contributed by atoms with Gasteiger partial charge in [-0.3, -0.25) is 4.79 Å². The summed E-state index contributed by atoms with van der Waals surface area (Å²) in [5, 5.41) is 8.92. The van der Waals surface area contributed by atoms with E-state index in [9.17, 15) is 4.79 Å². The second-order valence-electron chi connectivity index (χ2n) is 5.94. The second-order valence-corrected chi connectivity index (χ2v) is 5.94. The third-order valence-electron chi connectivity index (χ3n) is 4.66. The van der Waals surface area contributed by atoms with Crippen molar-refractivity contribution in [2.24, 2.45) is 17.8 Å². The molecule has 1 unspecified atom stereocenters. The fourth-order valence-corrected chi connectivity index (χ4v) is 3.15. The largest absolute Gasteiger partial charge is 0.481 e. The number of hydrogen-bond donors (Lipinski definition) is 1. The van der Waals surface area contributed by atoms with Crippen LogP contribution >= 0.6 is 0 Å². The molecule has 17 heavy (non-hydrogen) atoms. The summed E-state index contributed by atoms with van der Waals surface area (Å²) in [6, 6.07) is 0. The molecule has 1 atom stereocenters. The van der Waals surface area contributed by atoms with E-state index in [0.717, 1.165) is 19.0 Å². The summed E-state index contributed by atoms with van der Waals surface area (Å²) in [7, 11) is 0. The van der Waals surface area contributed by atoms with Gasteiger partial charge in [-0.05, 0) is 24.8 Å². The van der Waals surface area contributed by atoms with Gasteiger partial charge in [-0.25, -0.2) is 0 Å². The minimum absolute atomic E-state index is 0.166. The van der Waals surface area contributed by atoms with Gasteiger partial charge in [0.2, 0.25) is 0 Å². The maximum atomic E-state index is 10.8. The van der Waals surface area contributed by atoms with Gasteiger partial charge >= 0.3 is 5.97 Å².